The van der Waals surface area contributed by atoms with Crippen LogP contribution >= 0.6 is 0 Å². The van der Waals surface area contributed by atoms with Crippen LogP contribution in [-0.4, -0.2) is 79.1 Å². The highest BCUT2D eigenvalue weighted by molar-refractivity contribution is 6.62. The Morgan fingerprint density at radius 1 is 1.04 bits per heavy atom. The third kappa shape index (κ3) is 6.43. The molecule has 7 rings (SSSR count). The zero-order chi connectivity index (χ0) is 36.2. The number of rotatable bonds is 9. The molecule has 2 unspecified atom stereocenters. The molecule has 1 N–H and O–H groups in total. The van der Waals surface area contributed by atoms with Crippen molar-refractivity contribution in [2.24, 2.45) is 11.8 Å². The van der Waals surface area contributed by atoms with Crippen LogP contribution in [0.15, 0.2) is 42.6 Å². The van der Waals surface area contributed by atoms with Gasteiger partial charge in [0, 0.05) is 36.8 Å². The van der Waals surface area contributed by atoms with E-state index < -0.39 is 42.2 Å². The number of carboxylic acids is 1. The van der Waals surface area contributed by atoms with Gasteiger partial charge in [0.1, 0.15) is 18.1 Å². The van der Waals surface area contributed by atoms with E-state index in [2.05, 4.69) is 10.3 Å². The van der Waals surface area contributed by atoms with E-state index >= 15 is 0 Å². The van der Waals surface area contributed by atoms with E-state index in [0.717, 1.165) is 35.0 Å². The fourth-order valence-electron chi connectivity index (χ4n) is 8.01. The van der Waals surface area contributed by atoms with Crippen LogP contribution in [0.2, 0.25) is 0 Å². The maximum absolute atomic E-state index is 14.7. The van der Waals surface area contributed by atoms with Gasteiger partial charge in [0.25, 0.3) is 5.91 Å². The van der Waals surface area contributed by atoms with Gasteiger partial charge in [-0.25, -0.2) is 4.68 Å². The lowest BCUT2D eigenvalue weighted by Gasteiger charge is -2.43. The molecule has 1 aliphatic carbocycles. The Hall–Kier alpha value is -4.23. The molecular weight excluding hydrogens is 649 g/mol. The number of fused-ring (bicyclic) bond motifs is 2. The maximum Gasteiger partial charge on any atom is 0.495 e. The van der Waals surface area contributed by atoms with E-state index in [1.807, 2.05) is 89.0 Å². The summed E-state index contributed by atoms with van der Waals surface area (Å²) in [6.45, 7) is 13.3. The summed E-state index contributed by atoms with van der Waals surface area (Å²) >= 11 is 0. The molecule has 0 spiro atoms. The summed E-state index contributed by atoms with van der Waals surface area (Å²) < 4.78 is 21.5. The van der Waals surface area contributed by atoms with Gasteiger partial charge in [0.2, 0.25) is 5.91 Å². The van der Waals surface area contributed by atoms with Crippen molar-refractivity contribution in [2.75, 3.05) is 13.1 Å². The van der Waals surface area contributed by atoms with Crippen LogP contribution in [0.5, 0.6) is 5.75 Å². The molecular formula is C38H48BN5O7. The largest absolute Gasteiger partial charge is 0.495 e. The molecule has 51 heavy (non-hydrogen) atoms. The van der Waals surface area contributed by atoms with Crippen molar-refractivity contribution in [1.82, 2.24) is 24.8 Å². The first-order valence-electron chi connectivity index (χ1n) is 18.2. The van der Waals surface area contributed by atoms with Crippen molar-refractivity contribution in [3.05, 3.63) is 70.5 Å². The second kappa shape index (κ2) is 13.4. The van der Waals surface area contributed by atoms with E-state index in [-0.39, 0.29) is 31.0 Å². The molecule has 12 nitrogen and oxygen atoms in total. The second-order valence-corrected chi connectivity index (χ2v) is 15.7. The first kappa shape index (κ1) is 35.2. The van der Waals surface area contributed by atoms with E-state index in [4.69, 9.17) is 14.0 Å². The minimum absolute atomic E-state index is 0.0962. The van der Waals surface area contributed by atoms with Crippen LogP contribution in [0, 0.1) is 11.8 Å². The zero-order valence-corrected chi connectivity index (χ0v) is 30.4. The quantitative estimate of drug-likeness (QED) is 0.316. The summed E-state index contributed by atoms with van der Waals surface area (Å²) in [6, 6.07) is 11.0. The van der Waals surface area contributed by atoms with Crippen molar-refractivity contribution in [3.8, 4) is 5.75 Å². The molecule has 4 heterocycles. The zero-order valence-electron chi connectivity index (χ0n) is 30.4. The first-order chi connectivity index (χ1) is 24.3. The van der Waals surface area contributed by atoms with Crippen LogP contribution in [-0.2, 0) is 38.5 Å². The Labute approximate surface area is 299 Å². The Bertz CT molecular complexity index is 1820. The van der Waals surface area contributed by atoms with Crippen molar-refractivity contribution in [3.63, 3.8) is 0 Å². The molecule has 1 aromatic heterocycles. The van der Waals surface area contributed by atoms with E-state index in [1.165, 1.54) is 0 Å². The lowest BCUT2D eigenvalue weighted by Crippen LogP contribution is -2.51. The smallest absolute Gasteiger partial charge is 0.487 e. The summed E-state index contributed by atoms with van der Waals surface area (Å²) in [5.74, 6) is -2.05. The predicted octanol–water partition coefficient (Wildman–Crippen LogP) is 4.71. The molecule has 1 saturated carbocycles. The molecule has 4 aliphatic rings. The Morgan fingerprint density at radius 3 is 2.41 bits per heavy atom. The molecule has 0 radical (unpaired) electrons. The summed E-state index contributed by atoms with van der Waals surface area (Å²) in [7, 11) is -0.654. The highest BCUT2D eigenvalue weighted by Gasteiger charge is 2.53. The number of hydrogen-bond acceptors (Lipinski definition) is 8. The van der Waals surface area contributed by atoms with Crippen molar-refractivity contribution >= 4 is 30.4 Å². The Morgan fingerprint density at radius 2 is 1.75 bits per heavy atom. The number of aromatic nitrogens is 3. The number of carbonyl (C=O) groups is 3. The van der Waals surface area contributed by atoms with Crippen LogP contribution in [0.25, 0.3) is 0 Å². The summed E-state index contributed by atoms with van der Waals surface area (Å²) in [5, 5.41) is 18.7. The fraction of sp³-hybridized carbons (Fsp3) is 0.553. The van der Waals surface area contributed by atoms with E-state index in [9.17, 15) is 19.5 Å². The SMILES string of the molecule is CC(C)n1cc(COc2ccc(B3OC(C)(C)C(C)(C)O3)c3c2[C@@H](CN2Cc4ccccc4C2=O)N(C(=O)C2CCCCC2C(=O)O)CC3)nn1. The second-order valence-electron chi connectivity index (χ2n) is 15.7. The predicted molar refractivity (Wildman–Crippen MR) is 189 cm³/mol. The number of carbonyl (C=O) groups excluding carboxylic acids is 2. The molecule has 1 saturated heterocycles. The summed E-state index contributed by atoms with van der Waals surface area (Å²) in [5.41, 5.74) is 3.70. The molecule has 13 heteroatoms. The monoisotopic (exact) mass is 697 g/mol. The summed E-state index contributed by atoms with van der Waals surface area (Å²) in [4.78, 5) is 44.5. The molecule has 2 fully saturated rings. The number of amides is 2. The average Bonchev–Trinajstić information content (AvgIpc) is 3.76. The molecule has 3 aromatic rings. The van der Waals surface area contributed by atoms with Gasteiger partial charge >= 0.3 is 13.1 Å². The first-order valence-corrected chi connectivity index (χ1v) is 18.2. The van der Waals surface area contributed by atoms with Gasteiger partial charge in [-0.3, -0.25) is 14.4 Å². The number of ether oxygens (including phenoxy) is 1. The van der Waals surface area contributed by atoms with Crippen molar-refractivity contribution in [2.45, 2.75) is 110 Å². The third-order valence-corrected chi connectivity index (χ3v) is 11.6. The van der Waals surface area contributed by atoms with Gasteiger partial charge in [0.15, 0.2) is 0 Å². The average molecular weight is 698 g/mol. The molecule has 270 valence electrons. The highest BCUT2D eigenvalue weighted by atomic mass is 16.7. The molecule has 2 amide bonds. The molecule has 0 bridgehead atoms. The van der Waals surface area contributed by atoms with Gasteiger partial charge < -0.3 is 29.0 Å². The van der Waals surface area contributed by atoms with E-state index in [0.29, 0.717) is 49.4 Å². The van der Waals surface area contributed by atoms with E-state index in [1.54, 1.807) is 9.58 Å². The standard InChI is InChI=1S/C38H48BN5O7/c1-23(2)44-20-25(40-41-44)22-49-32-16-15-30(39-50-37(3,4)38(5,6)51-39)29-17-18-43(35(46)27-13-9-10-14-28(27)36(47)48)31(33(29)32)21-42-19-24-11-7-8-12-26(24)34(42)45/h7-8,11-12,15-16,20,23,27-28,31H,9-10,13-14,17-19,21-22H2,1-6H3,(H,47,48)/t27?,28?,31-/m1/s1. The number of nitrogens with zero attached hydrogens (tertiary/aromatic N) is 5. The Balaban J connectivity index is 1.32. The lowest BCUT2D eigenvalue weighted by atomic mass is 9.71. The van der Waals surface area contributed by atoms with Crippen LogP contribution in [0.3, 0.4) is 0 Å². The topological polar surface area (TPSA) is 136 Å². The molecule has 3 aliphatic heterocycles. The maximum atomic E-state index is 14.7. The fourth-order valence-corrected chi connectivity index (χ4v) is 8.01. The van der Waals surface area contributed by atoms with Gasteiger partial charge in [-0.1, -0.05) is 42.3 Å². The molecule has 3 atom stereocenters. The van der Waals surface area contributed by atoms with Crippen molar-refractivity contribution in [1.29, 1.82) is 0 Å². The highest BCUT2D eigenvalue weighted by Crippen LogP contribution is 2.43. The van der Waals surface area contributed by atoms with Crippen LogP contribution in [0.1, 0.15) is 112 Å². The Kier molecular flexibility index (Phi) is 9.24. The number of benzene rings is 2. The van der Waals surface area contributed by atoms with Crippen LogP contribution < -0.4 is 10.2 Å². The lowest BCUT2D eigenvalue weighted by molar-refractivity contribution is -0.153. The van der Waals surface area contributed by atoms with Gasteiger partial charge in [0.05, 0.1) is 35.3 Å². The van der Waals surface area contributed by atoms with Gasteiger partial charge in [-0.2, -0.15) is 0 Å². The van der Waals surface area contributed by atoms with Crippen LogP contribution in [0.4, 0.5) is 0 Å². The number of aliphatic carboxylic acids is 1. The van der Waals surface area contributed by atoms with Gasteiger partial charge in [-0.15, -0.1) is 5.10 Å². The normalized spacial score (nSPS) is 23.8. The minimum Gasteiger partial charge on any atom is -0.487 e. The minimum atomic E-state index is -0.936. The van der Waals surface area contributed by atoms with Crippen molar-refractivity contribution < 1.29 is 33.5 Å². The summed E-state index contributed by atoms with van der Waals surface area (Å²) in [6.07, 6.45) is 4.91. The third-order valence-electron chi connectivity index (χ3n) is 11.6. The number of carboxylic acid groups (broad SMARTS) is 1. The van der Waals surface area contributed by atoms with Gasteiger partial charge in [-0.05, 0) is 89.5 Å². The number of hydrogen-bond donors (Lipinski definition) is 1. The molecule has 2 aromatic carbocycles.